The van der Waals surface area contributed by atoms with Crippen molar-refractivity contribution in [2.24, 2.45) is 5.92 Å². The van der Waals surface area contributed by atoms with E-state index in [4.69, 9.17) is 14.0 Å². The Hall–Kier alpha value is -1.20. The minimum Gasteiger partial charge on any atom is -0.497 e. The van der Waals surface area contributed by atoms with E-state index in [1.54, 1.807) is 7.11 Å². The lowest BCUT2D eigenvalue weighted by molar-refractivity contribution is 0.00578. The van der Waals surface area contributed by atoms with Crippen LogP contribution in [-0.2, 0) is 9.31 Å². The summed E-state index contributed by atoms with van der Waals surface area (Å²) >= 11 is 0. The number of methoxy groups -OCH3 is 1. The number of piperidine rings is 1. The van der Waals surface area contributed by atoms with Gasteiger partial charge in [-0.15, -0.1) is 0 Å². The maximum absolute atomic E-state index is 6.18. The van der Waals surface area contributed by atoms with E-state index in [-0.39, 0.29) is 18.3 Å². The van der Waals surface area contributed by atoms with E-state index in [1.165, 1.54) is 18.5 Å². The zero-order valence-corrected chi connectivity index (χ0v) is 15.9. The highest BCUT2D eigenvalue weighted by Gasteiger charge is 2.52. The molecule has 2 aliphatic rings. The summed E-state index contributed by atoms with van der Waals surface area (Å²) in [5.41, 5.74) is 1.50. The average molecular weight is 331 g/mol. The topological polar surface area (TPSA) is 30.9 Å². The first-order valence-electron chi connectivity index (χ1n) is 9.02. The minimum atomic E-state index is -0.389. The van der Waals surface area contributed by atoms with Crippen LogP contribution >= 0.6 is 0 Å². The summed E-state index contributed by atoms with van der Waals surface area (Å²) in [5, 5.41) is 0. The Bertz CT molecular complexity index is 578. The summed E-state index contributed by atoms with van der Waals surface area (Å²) in [6.45, 7) is 12.8. The average Bonchev–Trinajstić information content (AvgIpc) is 2.75. The van der Waals surface area contributed by atoms with Gasteiger partial charge in [-0.1, -0.05) is 13.0 Å². The van der Waals surface area contributed by atoms with Gasteiger partial charge in [-0.2, -0.15) is 0 Å². The Morgan fingerprint density at radius 1 is 1.08 bits per heavy atom. The Morgan fingerprint density at radius 2 is 1.67 bits per heavy atom. The molecule has 0 aliphatic carbocycles. The molecule has 0 atom stereocenters. The SMILES string of the molecule is COc1cc(N2CCC(C)CC2)ccc1B1OC(C)(C)C(C)(C)O1. The molecule has 0 N–H and O–H groups in total. The summed E-state index contributed by atoms with van der Waals surface area (Å²) in [4.78, 5) is 2.44. The Morgan fingerprint density at radius 3 is 2.21 bits per heavy atom. The number of nitrogens with zero attached hydrogens (tertiary/aromatic N) is 1. The fourth-order valence-electron chi connectivity index (χ4n) is 3.33. The highest BCUT2D eigenvalue weighted by atomic mass is 16.7. The molecule has 0 unspecified atom stereocenters. The molecule has 3 rings (SSSR count). The first kappa shape index (κ1) is 17.6. The van der Waals surface area contributed by atoms with E-state index in [0.717, 1.165) is 30.2 Å². The first-order valence-corrected chi connectivity index (χ1v) is 9.02. The van der Waals surface area contributed by atoms with Crippen molar-refractivity contribution < 1.29 is 14.0 Å². The van der Waals surface area contributed by atoms with Crippen LogP contribution in [0.15, 0.2) is 18.2 Å². The molecular formula is C19H30BNO3. The number of rotatable bonds is 3. The third kappa shape index (κ3) is 3.16. The third-order valence-corrected chi connectivity index (χ3v) is 5.87. The zero-order chi connectivity index (χ0) is 17.5. The van der Waals surface area contributed by atoms with Crippen molar-refractivity contribution in [3.63, 3.8) is 0 Å². The van der Waals surface area contributed by atoms with E-state index in [1.807, 2.05) is 0 Å². The van der Waals surface area contributed by atoms with Crippen molar-refractivity contribution in [2.45, 2.75) is 58.7 Å². The molecule has 1 aromatic rings. The summed E-state index contributed by atoms with van der Waals surface area (Å²) < 4.78 is 18.0. The van der Waals surface area contributed by atoms with Gasteiger partial charge in [0.05, 0.1) is 18.3 Å². The minimum absolute atomic E-state index is 0.343. The highest BCUT2D eigenvalue weighted by Crippen LogP contribution is 2.37. The molecule has 2 heterocycles. The summed E-state index contributed by atoms with van der Waals surface area (Å²) in [6, 6.07) is 6.38. The predicted molar refractivity (Wildman–Crippen MR) is 99.3 cm³/mol. The summed E-state index contributed by atoms with van der Waals surface area (Å²) in [6.07, 6.45) is 2.50. The summed E-state index contributed by atoms with van der Waals surface area (Å²) in [7, 11) is 1.33. The van der Waals surface area contributed by atoms with Gasteiger partial charge in [0.2, 0.25) is 0 Å². The monoisotopic (exact) mass is 331 g/mol. The Balaban J connectivity index is 1.83. The van der Waals surface area contributed by atoms with Gasteiger partial charge >= 0.3 is 7.12 Å². The maximum Gasteiger partial charge on any atom is 0.498 e. The molecule has 4 nitrogen and oxygen atoms in total. The van der Waals surface area contributed by atoms with E-state index in [2.05, 4.69) is 57.7 Å². The lowest BCUT2D eigenvalue weighted by Gasteiger charge is -2.32. The van der Waals surface area contributed by atoms with Crippen molar-refractivity contribution in [3.05, 3.63) is 18.2 Å². The third-order valence-electron chi connectivity index (χ3n) is 5.87. The molecule has 0 saturated carbocycles. The second-order valence-electron chi connectivity index (χ2n) is 8.18. The second-order valence-corrected chi connectivity index (χ2v) is 8.18. The van der Waals surface area contributed by atoms with E-state index in [9.17, 15) is 0 Å². The molecule has 0 radical (unpaired) electrons. The van der Waals surface area contributed by atoms with Crippen LogP contribution in [-0.4, -0.2) is 38.5 Å². The number of anilines is 1. The Kier molecular flexibility index (Phi) is 4.60. The molecule has 2 aliphatic heterocycles. The number of hydrogen-bond donors (Lipinski definition) is 0. The van der Waals surface area contributed by atoms with Crippen molar-refractivity contribution in [3.8, 4) is 5.75 Å². The van der Waals surface area contributed by atoms with E-state index < -0.39 is 0 Å². The first-order chi connectivity index (χ1) is 11.2. The largest absolute Gasteiger partial charge is 0.498 e. The van der Waals surface area contributed by atoms with Gasteiger partial charge in [-0.3, -0.25) is 0 Å². The maximum atomic E-state index is 6.18. The molecule has 0 spiro atoms. The lowest BCUT2D eigenvalue weighted by atomic mass is 9.78. The van der Waals surface area contributed by atoms with Crippen LogP contribution in [0.3, 0.4) is 0 Å². The van der Waals surface area contributed by atoms with Gasteiger partial charge in [0.1, 0.15) is 5.75 Å². The normalized spacial score (nSPS) is 23.6. The zero-order valence-electron chi connectivity index (χ0n) is 15.9. The molecule has 132 valence electrons. The van der Waals surface area contributed by atoms with Crippen LogP contribution in [0.5, 0.6) is 5.75 Å². The fraction of sp³-hybridized carbons (Fsp3) is 0.684. The smallest absolute Gasteiger partial charge is 0.497 e. The van der Waals surface area contributed by atoms with Crippen LogP contribution in [0.4, 0.5) is 5.69 Å². The van der Waals surface area contributed by atoms with Crippen LogP contribution in [0.2, 0.25) is 0 Å². The van der Waals surface area contributed by atoms with Gasteiger partial charge in [0, 0.05) is 30.3 Å². The molecule has 0 bridgehead atoms. The van der Waals surface area contributed by atoms with E-state index in [0.29, 0.717) is 0 Å². The van der Waals surface area contributed by atoms with Crippen molar-refractivity contribution in [1.29, 1.82) is 0 Å². The lowest BCUT2D eigenvalue weighted by Crippen LogP contribution is -2.41. The van der Waals surface area contributed by atoms with Gasteiger partial charge in [-0.25, -0.2) is 0 Å². The molecule has 2 saturated heterocycles. The second kappa shape index (κ2) is 6.27. The van der Waals surface area contributed by atoms with Crippen molar-refractivity contribution in [2.75, 3.05) is 25.1 Å². The van der Waals surface area contributed by atoms with Crippen molar-refractivity contribution >= 4 is 18.3 Å². The Labute approximate surface area is 146 Å². The van der Waals surface area contributed by atoms with Gasteiger partial charge in [-0.05, 0) is 52.5 Å². The van der Waals surface area contributed by atoms with Gasteiger partial charge in [0.15, 0.2) is 0 Å². The summed E-state index contributed by atoms with van der Waals surface area (Å²) in [5.74, 6) is 1.66. The molecule has 2 fully saturated rings. The van der Waals surface area contributed by atoms with Gasteiger partial charge in [0.25, 0.3) is 0 Å². The quantitative estimate of drug-likeness (QED) is 0.796. The van der Waals surface area contributed by atoms with Crippen molar-refractivity contribution in [1.82, 2.24) is 0 Å². The van der Waals surface area contributed by atoms with E-state index >= 15 is 0 Å². The van der Waals surface area contributed by atoms with Crippen LogP contribution in [0.1, 0.15) is 47.5 Å². The van der Waals surface area contributed by atoms with Crippen LogP contribution < -0.4 is 15.1 Å². The molecule has 0 aromatic heterocycles. The molecule has 1 aromatic carbocycles. The van der Waals surface area contributed by atoms with Crippen LogP contribution in [0, 0.1) is 5.92 Å². The van der Waals surface area contributed by atoms with Crippen LogP contribution in [0.25, 0.3) is 0 Å². The molecule has 5 heteroatoms. The molecular weight excluding hydrogens is 301 g/mol. The number of hydrogen-bond acceptors (Lipinski definition) is 4. The molecule has 0 amide bonds. The highest BCUT2D eigenvalue weighted by molar-refractivity contribution is 6.63. The van der Waals surface area contributed by atoms with Gasteiger partial charge < -0.3 is 18.9 Å². The fourth-order valence-corrected chi connectivity index (χ4v) is 3.33. The molecule has 24 heavy (non-hydrogen) atoms. The standard InChI is InChI=1S/C19H30BNO3/c1-14-9-11-21(12-10-14)15-7-8-16(17(13-15)22-6)20-23-18(2,3)19(4,5)24-20/h7-8,13-14H,9-12H2,1-6H3. The number of ether oxygens (including phenoxy) is 1. The number of benzene rings is 1. The predicted octanol–water partition coefficient (Wildman–Crippen LogP) is 3.23.